The average molecular weight is 404 g/mol. The van der Waals surface area contributed by atoms with E-state index in [1.165, 1.54) is 10.6 Å². The van der Waals surface area contributed by atoms with Crippen LogP contribution in [0, 0.1) is 11.6 Å². The molecule has 0 unspecified atom stereocenters. The highest BCUT2D eigenvalue weighted by molar-refractivity contribution is 7.99. The van der Waals surface area contributed by atoms with Gasteiger partial charge in [0.15, 0.2) is 17.3 Å². The number of thioether (sulfide) groups is 1. The van der Waals surface area contributed by atoms with Crippen molar-refractivity contribution in [3.63, 3.8) is 0 Å². The van der Waals surface area contributed by atoms with Crippen LogP contribution < -0.4 is 15.6 Å². The second-order valence-electron chi connectivity index (χ2n) is 6.55. The molecule has 4 rings (SSSR count). The molecular formula is C19H18F2N4O2S. The maximum atomic E-state index is 13.8. The van der Waals surface area contributed by atoms with E-state index in [4.69, 9.17) is 4.74 Å². The van der Waals surface area contributed by atoms with Gasteiger partial charge in [0.1, 0.15) is 11.5 Å². The summed E-state index contributed by atoms with van der Waals surface area (Å²) in [4.78, 5) is 21.4. The minimum absolute atomic E-state index is 0.0888. The van der Waals surface area contributed by atoms with Crippen LogP contribution in [0.4, 0.5) is 14.7 Å². The number of ether oxygens (including phenoxy) is 1. The fourth-order valence-corrected chi connectivity index (χ4v) is 4.17. The van der Waals surface area contributed by atoms with Crippen molar-refractivity contribution in [3.8, 4) is 11.5 Å². The maximum Gasteiger partial charge on any atom is 0.294 e. The van der Waals surface area contributed by atoms with Gasteiger partial charge >= 0.3 is 0 Å². The number of halogens is 2. The minimum atomic E-state index is -0.886. The molecule has 1 aliphatic rings. The van der Waals surface area contributed by atoms with Crippen LogP contribution in [0.2, 0.25) is 0 Å². The van der Waals surface area contributed by atoms with Crippen LogP contribution in [-0.2, 0) is 7.05 Å². The fraction of sp³-hybridized carbons (Fsp3) is 0.316. The van der Waals surface area contributed by atoms with Crippen LogP contribution in [0.1, 0.15) is 12.8 Å². The van der Waals surface area contributed by atoms with Crippen molar-refractivity contribution in [1.29, 1.82) is 0 Å². The normalized spacial score (nSPS) is 15.0. The van der Waals surface area contributed by atoms with Crippen molar-refractivity contribution < 1.29 is 13.5 Å². The van der Waals surface area contributed by atoms with Crippen molar-refractivity contribution in [2.24, 2.45) is 7.05 Å². The zero-order valence-electron chi connectivity index (χ0n) is 15.1. The molecule has 1 saturated heterocycles. The maximum absolute atomic E-state index is 13.8. The molecule has 1 aliphatic heterocycles. The lowest BCUT2D eigenvalue weighted by Gasteiger charge is -2.22. The summed E-state index contributed by atoms with van der Waals surface area (Å²) in [6, 6.07) is 4.68. The van der Waals surface area contributed by atoms with Gasteiger partial charge in [0.2, 0.25) is 5.95 Å². The molecule has 0 bridgehead atoms. The zero-order chi connectivity index (χ0) is 19.7. The quantitative estimate of drug-likeness (QED) is 0.715. The van der Waals surface area contributed by atoms with Crippen LogP contribution in [0.15, 0.2) is 35.3 Å². The number of anilines is 1. The molecule has 0 amide bonds. The van der Waals surface area contributed by atoms with Gasteiger partial charge in [-0.1, -0.05) is 0 Å². The number of fused-ring (bicyclic) bond motifs is 1. The predicted molar refractivity (Wildman–Crippen MR) is 105 cm³/mol. The van der Waals surface area contributed by atoms with Gasteiger partial charge in [0, 0.05) is 30.7 Å². The third-order valence-electron chi connectivity index (χ3n) is 4.58. The van der Waals surface area contributed by atoms with Gasteiger partial charge in [-0.25, -0.2) is 13.8 Å². The third-order valence-corrected chi connectivity index (χ3v) is 5.63. The Morgan fingerprint density at radius 3 is 2.75 bits per heavy atom. The molecule has 0 radical (unpaired) electrons. The summed E-state index contributed by atoms with van der Waals surface area (Å²) in [6.07, 6.45) is 3.68. The van der Waals surface area contributed by atoms with Crippen LogP contribution in [0.25, 0.3) is 11.0 Å². The topological polar surface area (TPSA) is 69.0 Å². The molecule has 0 aliphatic carbocycles. The Hall–Kier alpha value is -2.68. The molecule has 0 saturated carbocycles. The van der Waals surface area contributed by atoms with Crippen LogP contribution in [0.3, 0.4) is 0 Å². The van der Waals surface area contributed by atoms with E-state index in [0.717, 1.165) is 36.5 Å². The van der Waals surface area contributed by atoms with E-state index in [9.17, 15) is 13.6 Å². The lowest BCUT2D eigenvalue weighted by Crippen LogP contribution is -2.26. The fourth-order valence-electron chi connectivity index (χ4n) is 3.06. The first-order valence-corrected chi connectivity index (χ1v) is 10.0. The monoisotopic (exact) mass is 404 g/mol. The summed E-state index contributed by atoms with van der Waals surface area (Å²) in [6.45, 7) is 0. The zero-order valence-corrected chi connectivity index (χ0v) is 15.9. The van der Waals surface area contributed by atoms with Crippen molar-refractivity contribution in [1.82, 2.24) is 14.5 Å². The number of aryl methyl sites for hydroxylation is 1. The molecule has 146 valence electrons. The molecule has 1 fully saturated rings. The van der Waals surface area contributed by atoms with Gasteiger partial charge in [-0.3, -0.25) is 9.36 Å². The first kappa shape index (κ1) is 18.7. The Balaban J connectivity index is 1.66. The summed E-state index contributed by atoms with van der Waals surface area (Å²) < 4.78 is 33.6. The van der Waals surface area contributed by atoms with E-state index >= 15 is 0 Å². The molecule has 0 atom stereocenters. The van der Waals surface area contributed by atoms with E-state index in [2.05, 4.69) is 15.3 Å². The van der Waals surface area contributed by atoms with Gasteiger partial charge in [-0.2, -0.15) is 16.7 Å². The number of hydrogen-bond acceptors (Lipinski definition) is 6. The molecule has 3 aromatic rings. The third kappa shape index (κ3) is 3.80. The largest absolute Gasteiger partial charge is 0.448 e. The molecule has 6 nitrogen and oxygen atoms in total. The van der Waals surface area contributed by atoms with E-state index in [1.54, 1.807) is 13.2 Å². The van der Waals surface area contributed by atoms with Gasteiger partial charge in [-0.15, -0.1) is 0 Å². The lowest BCUT2D eigenvalue weighted by atomic mass is 10.2. The molecule has 3 heterocycles. The molecule has 9 heteroatoms. The number of nitrogens with zero attached hydrogens (tertiary/aromatic N) is 3. The summed E-state index contributed by atoms with van der Waals surface area (Å²) >= 11 is 1.93. The second kappa shape index (κ2) is 7.75. The molecule has 0 spiro atoms. The van der Waals surface area contributed by atoms with Gasteiger partial charge in [0.05, 0.1) is 0 Å². The predicted octanol–water partition coefficient (Wildman–Crippen LogP) is 3.71. The van der Waals surface area contributed by atoms with E-state index in [-0.39, 0.29) is 11.5 Å². The smallest absolute Gasteiger partial charge is 0.294 e. The first-order chi connectivity index (χ1) is 13.5. The lowest BCUT2D eigenvalue weighted by molar-refractivity contribution is 0.430. The van der Waals surface area contributed by atoms with E-state index in [1.807, 2.05) is 11.8 Å². The Morgan fingerprint density at radius 2 is 2.00 bits per heavy atom. The Labute approximate surface area is 164 Å². The van der Waals surface area contributed by atoms with Crippen molar-refractivity contribution in [3.05, 3.63) is 52.5 Å². The molecule has 2 aromatic heterocycles. The Morgan fingerprint density at radius 1 is 1.21 bits per heavy atom. The van der Waals surface area contributed by atoms with Crippen molar-refractivity contribution in [2.45, 2.75) is 18.9 Å². The Kier molecular flexibility index (Phi) is 5.17. The molecule has 28 heavy (non-hydrogen) atoms. The highest BCUT2D eigenvalue weighted by Gasteiger charge is 2.17. The van der Waals surface area contributed by atoms with Crippen molar-refractivity contribution >= 4 is 28.7 Å². The second-order valence-corrected chi connectivity index (χ2v) is 7.78. The summed E-state index contributed by atoms with van der Waals surface area (Å²) in [5.41, 5.74) is -0.0328. The number of hydrogen-bond donors (Lipinski definition) is 1. The Bertz CT molecular complexity index is 1080. The standard InChI is InChI=1S/C19H18F2N4O2S/c1-25-17-11(10-22-19(24-17)23-13-4-6-28-7-5-13)8-16(18(25)26)27-15-3-2-12(20)9-14(15)21/h2-3,8-10,13H,4-7H2,1H3,(H,22,23,24). The summed E-state index contributed by atoms with van der Waals surface area (Å²) in [5.74, 6) is 0.748. The van der Waals surface area contributed by atoms with Crippen molar-refractivity contribution in [2.75, 3.05) is 16.8 Å². The molecule has 1 N–H and O–H groups in total. The summed E-state index contributed by atoms with van der Waals surface area (Å²) in [7, 11) is 1.56. The van der Waals surface area contributed by atoms with Gasteiger partial charge < -0.3 is 10.1 Å². The SMILES string of the molecule is Cn1c(=O)c(Oc2ccc(F)cc2F)cc2cnc(NC3CCSCC3)nc21. The highest BCUT2D eigenvalue weighted by atomic mass is 32.2. The number of aromatic nitrogens is 3. The van der Waals surface area contributed by atoms with E-state index in [0.29, 0.717) is 29.1 Å². The molecular weight excluding hydrogens is 386 g/mol. The van der Waals surface area contributed by atoms with Crippen LogP contribution in [0.5, 0.6) is 11.5 Å². The summed E-state index contributed by atoms with van der Waals surface area (Å²) in [5, 5.41) is 3.89. The number of rotatable bonds is 4. The number of nitrogens with one attached hydrogen (secondary N) is 1. The average Bonchev–Trinajstić information content (AvgIpc) is 2.69. The highest BCUT2D eigenvalue weighted by Crippen LogP contribution is 2.25. The van der Waals surface area contributed by atoms with Gasteiger partial charge in [0.25, 0.3) is 5.56 Å². The molecule has 1 aromatic carbocycles. The van der Waals surface area contributed by atoms with Crippen LogP contribution in [-0.4, -0.2) is 32.1 Å². The van der Waals surface area contributed by atoms with Gasteiger partial charge in [-0.05, 0) is 42.5 Å². The minimum Gasteiger partial charge on any atom is -0.448 e. The first-order valence-electron chi connectivity index (χ1n) is 8.85. The van der Waals surface area contributed by atoms with Crippen LogP contribution >= 0.6 is 11.8 Å². The number of pyridine rings is 1. The van der Waals surface area contributed by atoms with E-state index < -0.39 is 17.2 Å². The number of benzene rings is 1.